The molecule has 4 rings (SSSR count). The number of aromatic nitrogens is 2. The van der Waals surface area contributed by atoms with Gasteiger partial charge in [0.2, 0.25) is 0 Å². The number of nitrogens with zero attached hydrogens (tertiary/aromatic N) is 1. The van der Waals surface area contributed by atoms with Crippen LogP contribution in [0, 0.1) is 23.3 Å². The fourth-order valence-electron chi connectivity index (χ4n) is 3.15. The van der Waals surface area contributed by atoms with Crippen LogP contribution >= 0.6 is 8.17 Å². The second-order valence-electron chi connectivity index (χ2n) is 6.65. The van der Waals surface area contributed by atoms with E-state index in [0.717, 1.165) is 4.57 Å². The summed E-state index contributed by atoms with van der Waals surface area (Å²) in [7, 11) is -4.31. The van der Waals surface area contributed by atoms with Crippen LogP contribution in [0.5, 0.6) is 0 Å². The van der Waals surface area contributed by atoms with Crippen LogP contribution in [0.15, 0.2) is 27.9 Å². The van der Waals surface area contributed by atoms with Gasteiger partial charge in [0.15, 0.2) is 0 Å². The third-order valence-electron chi connectivity index (χ3n) is 4.64. The topological polar surface area (TPSA) is 112 Å². The number of hydrogen-bond donors (Lipinski definition) is 2. The Morgan fingerprint density at radius 1 is 1.13 bits per heavy atom. The molecule has 14 heteroatoms. The van der Waals surface area contributed by atoms with E-state index in [1.807, 2.05) is 0 Å². The third kappa shape index (κ3) is 4.04. The molecule has 2 fully saturated rings. The molecule has 0 spiro atoms. The summed E-state index contributed by atoms with van der Waals surface area (Å²) in [5, 5.41) is 0. The molecular weight excluding hydrogens is 439 g/mol. The Bertz CT molecular complexity index is 1100. The van der Waals surface area contributed by atoms with Gasteiger partial charge in [0.05, 0.1) is 0 Å². The van der Waals surface area contributed by atoms with Crippen molar-refractivity contribution in [3.05, 3.63) is 68.0 Å². The molecule has 30 heavy (non-hydrogen) atoms. The zero-order chi connectivity index (χ0) is 21.6. The van der Waals surface area contributed by atoms with E-state index in [2.05, 4.69) is 0 Å². The first kappa shape index (κ1) is 21.1. The van der Waals surface area contributed by atoms with Crippen molar-refractivity contribution < 1.29 is 40.8 Å². The van der Waals surface area contributed by atoms with Gasteiger partial charge >= 0.3 is 165 Å². The molecule has 2 aromatic rings. The summed E-state index contributed by atoms with van der Waals surface area (Å²) in [6.45, 7) is -0.872. The standard InChI is InChI=1S/C16H15F4N2O7P/c17-8-2-10(19)9(18)1-7(8)5-26-30(25)27-6-13-12(29-30)3-14(28-13)22-4-11(20)15(23)21-16(22)24/h1-2,4,12-14,25,30H,3,5-6H2,(H,21,23,24)/t12-,13+,14+/m0/s1. The fraction of sp³-hybridized carbons (Fsp3) is 0.375. The van der Waals surface area contributed by atoms with Crippen molar-refractivity contribution in [2.75, 3.05) is 6.61 Å². The van der Waals surface area contributed by atoms with E-state index in [-0.39, 0.29) is 18.6 Å². The van der Waals surface area contributed by atoms with Crippen LogP contribution in [0.25, 0.3) is 0 Å². The first-order valence-corrected chi connectivity index (χ1v) is 10.3. The number of fused-ring (bicyclic) bond motifs is 1. The van der Waals surface area contributed by atoms with Gasteiger partial charge in [0, 0.05) is 0 Å². The monoisotopic (exact) mass is 454 g/mol. The van der Waals surface area contributed by atoms with Crippen molar-refractivity contribution in [2.45, 2.75) is 31.5 Å². The average Bonchev–Trinajstić information content (AvgIpc) is 3.09. The Hall–Kier alpha value is -2.15. The number of benzene rings is 1. The first-order valence-electron chi connectivity index (χ1n) is 8.63. The van der Waals surface area contributed by atoms with Crippen LogP contribution in [0.1, 0.15) is 18.2 Å². The molecule has 2 aliphatic heterocycles. The average molecular weight is 454 g/mol. The van der Waals surface area contributed by atoms with Crippen LogP contribution in [0.2, 0.25) is 0 Å². The zero-order valence-corrected chi connectivity index (χ0v) is 15.9. The maximum atomic E-state index is 13.7. The number of rotatable bonds is 4. The predicted octanol–water partition coefficient (Wildman–Crippen LogP) is 1.41. The van der Waals surface area contributed by atoms with Gasteiger partial charge < -0.3 is 0 Å². The van der Waals surface area contributed by atoms with E-state index in [9.17, 15) is 32.0 Å². The van der Waals surface area contributed by atoms with Crippen molar-refractivity contribution in [1.82, 2.24) is 9.55 Å². The molecule has 2 aliphatic rings. The number of ether oxygens (including phenoxy) is 1. The zero-order valence-electron chi connectivity index (χ0n) is 14.9. The second kappa shape index (κ2) is 7.84. The SMILES string of the molecule is O=c1[nH]c(=O)n([C@H]2C[C@@H]3O[PH](O)(OCc4cc(F)c(F)cc4F)OC[C@H]3O2)cc1F. The van der Waals surface area contributed by atoms with E-state index in [1.54, 1.807) is 4.98 Å². The first-order chi connectivity index (χ1) is 14.1. The van der Waals surface area contributed by atoms with Crippen LogP contribution in [-0.4, -0.2) is 33.3 Å². The predicted molar refractivity (Wildman–Crippen MR) is 92.3 cm³/mol. The normalized spacial score (nSPS) is 26.4. The number of halogens is 4. The van der Waals surface area contributed by atoms with Crippen molar-refractivity contribution in [3.8, 4) is 0 Å². The van der Waals surface area contributed by atoms with Crippen LogP contribution in [-0.2, 0) is 24.9 Å². The molecule has 0 saturated carbocycles. The Labute approximate surface area is 165 Å². The van der Waals surface area contributed by atoms with Gasteiger partial charge in [0.25, 0.3) is 0 Å². The molecule has 1 aromatic heterocycles. The third-order valence-corrected chi connectivity index (χ3v) is 6.29. The summed E-state index contributed by atoms with van der Waals surface area (Å²) in [5.74, 6) is -4.93. The van der Waals surface area contributed by atoms with Crippen molar-refractivity contribution in [2.24, 2.45) is 0 Å². The molecule has 0 radical (unpaired) electrons. The summed E-state index contributed by atoms with van der Waals surface area (Å²) < 4.78 is 75.6. The molecule has 0 unspecified atom stereocenters. The van der Waals surface area contributed by atoms with Gasteiger partial charge in [-0.25, -0.2) is 0 Å². The number of aromatic amines is 1. The Morgan fingerprint density at radius 2 is 1.87 bits per heavy atom. The summed E-state index contributed by atoms with van der Waals surface area (Å²) in [6.07, 6.45) is -1.90. The van der Waals surface area contributed by atoms with E-state index in [0.29, 0.717) is 18.3 Å². The molecule has 3 heterocycles. The minimum atomic E-state index is -4.31. The van der Waals surface area contributed by atoms with Gasteiger partial charge in [-0.1, -0.05) is 0 Å². The van der Waals surface area contributed by atoms with Crippen molar-refractivity contribution in [3.63, 3.8) is 0 Å². The minimum absolute atomic E-state index is 0.0162. The van der Waals surface area contributed by atoms with Gasteiger partial charge in [-0.15, -0.1) is 0 Å². The Balaban J connectivity index is 1.44. The van der Waals surface area contributed by atoms with Crippen LogP contribution < -0.4 is 11.2 Å². The molecule has 3 atom stereocenters. The molecule has 0 aliphatic carbocycles. The van der Waals surface area contributed by atoms with E-state index >= 15 is 0 Å². The molecular formula is C16H15F4N2O7P. The number of hydrogen-bond acceptors (Lipinski definition) is 7. The molecule has 0 amide bonds. The van der Waals surface area contributed by atoms with Crippen LogP contribution in [0.3, 0.4) is 0 Å². The van der Waals surface area contributed by atoms with E-state index in [4.69, 9.17) is 18.3 Å². The van der Waals surface area contributed by atoms with Gasteiger partial charge in [-0.3, -0.25) is 0 Å². The molecule has 164 valence electrons. The summed E-state index contributed by atoms with van der Waals surface area (Å²) in [5.41, 5.74) is -2.44. The van der Waals surface area contributed by atoms with Crippen LogP contribution in [0.4, 0.5) is 17.6 Å². The van der Waals surface area contributed by atoms with Gasteiger partial charge in [-0.2, -0.15) is 0 Å². The van der Waals surface area contributed by atoms with Crippen molar-refractivity contribution >= 4 is 8.17 Å². The molecule has 9 nitrogen and oxygen atoms in total. The Kier molecular flexibility index (Phi) is 5.51. The summed E-state index contributed by atoms with van der Waals surface area (Å²) in [4.78, 5) is 35.3. The van der Waals surface area contributed by atoms with Gasteiger partial charge in [0.1, 0.15) is 0 Å². The molecule has 0 bridgehead atoms. The Morgan fingerprint density at radius 3 is 2.63 bits per heavy atom. The fourth-order valence-corrected chi connectivity index (χ4v) is 4.71. The van der Waals surface area contributed by atoms with Crippen molar-refractivity contribution in [1.29, 1.82) is 0 Å². The molecule has 2 saturated heterocycles. The molecule has 2 N–H and O–H groups in total. The van der Waals surface area contributed by atoms with E-state index in [1.165, 1.54) is 0 Å². The number of nitrogens with one attached hydrogen (secondary N) is 1. The summed E-state index contributed by atoms with van der Waals surface area (Å²) in [6, 6.07) is 0.925. The quantitative estimate of drug-likeness (QED) is 0.408. The number of H-pyrrole nitrogens is 1. The van der Waals surface area contributed by atoms with E-state index < -0.39 is 67.7 Å². The molecule has 1 aromatic carbocycles. The van der Waals surface area contributed by atoms with Gasteiger partial charge in [-0.05, 0) is 0 Å². The second-order valence-corrected chi connectivity index (χ2v) is 8.51. The maximum absolute atomic E-state index is 13.7. The summed E-state index contributed by atoms with van der Waals surface area (Å²) >= 11 is 0.